The van der Waals surface area contributed by atoms with E-state index in [9.17, 15) is 18.0 Å². The van der Waals surface area contributed by atoms with E-state index in [2.05, 4.69) is 20.6 Å². The highest BCUT2D eigenvalue weighted by molar-refractivity contribution is 5.95. The van der Waals surface area contributed by atoms with Gasteiger partial charge in [-0.1, -0.05) is 48.5 Å². The Balaban J connectivity index is 1.39. The number of carbonyl (C=O) groups is 1. The summed E-state index contributed by atoms with van der Waals surface area (Å²) in [6.45, 7) is 0.464. The molecular weight excluding hydrogens is 493 g/mol. The molecule has 0 bridgehead atoms. The first-order valence-corrected chi connectivity index (χ1v) is 12.2. The van der Waals surface area contributed by atoms with Gasteiger partial charge < -0.3 is 15.5 Å². The number of carbonyl (C=O) groups excluding carboxylic acids is 1. The molecule has 4 aromatic rings. The van der Waals surface area contributed by atoms with Gasteiger partial charge in [-0.2, -0.15) is 28.1 Å². The molecule has 0 atom stereocenters. The predicted molar refractivity (Wildman–Crippen MR) is 139 cm³/mol. The van der Waals surface area contributed by atoms with Crippen LogP contribution in [0.25, 0.3) is 11.4 Å². The number of aromatic nitrogens is 3. The Morgan fingerprint density at radius 3 is 2.50 bits per heavy atom. The molecule has 3 aromatic carbocycles. The lowest BCUT2D eigenvalue weighted by molar-refractivity contribution is -0.138. The summed E-state index contributed by atoms with van der Waals surface area (Å²) >= 11 is 0. The number of anilines is 3. The van der Waals surface area contributed by atoms with Gasteiger partial charge in [0.25, 0.3) is 5.91 Å². The molecule has 7 nitrogen and oxygen atoms in total. The van der Waals surface area contributed by atoms with Crippen LogP contribution in [-0.2, 0) is 19.1 Å². The fraction of sp³-hybridized carbons (Fsp3) is 0.214. The number of aryl methyl sites for hydroxylation is 1. The average Bonchev–Trinajstić information content (AvgIpc) is 2.95. The highest BCUT2D eigenvalue weighted by Gasteiger charge is 2.33. The molecular formula is C28H25F3N6O. The number of nitrogens with one attached hydrogen (secondary N) is 2. The number of fused-ring (bicyclic) bond motifs is 1. The van der Waals surface area contributed by atoms with Crippen molar-refractivity contribution in [3.05, 3.63) is 95.1 Å². The highest BCUT2D eigenvalue weighted by Crippen LogP contribution is 2.34. The molecule has 10 heteroatoms. The minimum absolute atomic E-state index is 0.0156. The van der Waals surface area contributed by atoms with E-state index in [1.54, 1.807) is 19.2 Å². The first-order chi connectivity index (χ1) is 18.3. The molecule has 1 amide bonds. The predicted octanol–water partition coefficient (Wildman–Crippen LogP) is 5.61. The van der Waals surface area contributed by atoms with Crippen molar-refractivity contribution in [2.75, 3.05) is 23.8 Å². The molecule has 2 N–H and O–H groups in total. The molecule has 0 saturated carbocycles. The van der Waals surface area contributed by atoms with Gasteiger partial charge in [-0.05, 0) is 48.2 Å². The van der Waals surface area contributed by atoms with Crippen LogP contribution in [0.15, 0.2) is 72.8 Å². The maximum absolute atomic E-state index is 13.3. The molecule has 1 aliphatic heterocycles. The number of nitrogens with zero attached hydrogens (tertiary/aromatic N) is 4. The van der Waals surface area contributed by atoms with E-state index < -0.39 is 17.6 Å². The molecule has 1 aliphatic rings. The lowest BCUT2D eigenvalue weighted by atomic mass is 9.99. The minimum Gasteiger partial charge on any atom is -0.357 e. The number of hydrogen-bond donors (Lipinski definition) is 2. The van der Waals surface area contributed by atoms with Gasteiger partial charge in [0, 0.05) is 37.0 Å². The number of halogens is 3. The van der Waals surface area contributed by atoms with Crippen molar-refractivity contribution in [1.29, 1.82) is 0 Å². The normalized spacial score (nSPS) is 13.1. The van der Waals surface area contributed by atoms with Crippen molar-refractivity contribution in [2.45, 2.75) is 25.6 Å². The highest BCUT2D eigenvalue weighted by atomic mass is 19.4. The second-order valence-electron chi connectivity index (χ2n) is 8.83. The molecule has 0 fully saturated rings. The second-order valence-corrected chi connectivity index (χ2v) is 8.83. The van der Waals surface area contributed by atoms with Crippen molar-refractivity contribution in [2.24, 2.45) is 0 Å². The summed E-state index contributed by atoms with van der Waals surface area (Å²) in [5.41, 5.74) is 2.32. The molecule has 38 heavy (non-hydrogen) atoms. The lowest BCUT2D eigenvalue weighted by Gasteiger charge is -2.30. The summed E-state index contributed by atoms with van der Waals surface area (Å²) in [7, 11) is 1.75. The Hall–Kier alpha value is -4.47. The number of benzene rings is 3. The first-order valence-electron chi connectivity index (χ1n) is 12.2. The minimum atomic E-state index is -4.49. The quantitative estimate of drug-likeness (QED) is 0.345. The molecule has 194 valence electrons. The zero-order valence-corrected chi connectivity index (χ0v) is 20.6. The number of amides is 1. The summed E-state index contributed by atoms with van der Waals surface area (Å²) in [4.78, 5) is 28.6. The first kappa shape index (κ1) is 25.2. The molecule has 0 unspecified atom stereocenters. The van der Waals surface area contributed by atoms with Crippen molar-refractivity contribution >= 4 is 23.5 Å². The summed E-state index contributed by atoms with van der Waals surface area (Å²) in [5, 5.41) is 5.62. The topological polar surface area (TPSA) is 83.0 Å². The summed E-state index contributed by atoms with van der Waals surface area (Å²) in [6, 6.07) is 20.1. The third-order valence-corrected chi connectivity index (χ3v) is 6.34. The number of alkyl halides is 3. The SMILES string of the molecule is CNc1nc(-c2ccccc2)nc(N2CCCc3cc(C(=O)NCc4ccccc4C(F)(F)F)ccc32)n1. The zero-order chi connectivity index (χ0) is 26.7. The van der Waals surface area contributed by atoms with E-state index >= 15 is 0 Å². The molecule has 0 saturated heterocycles. The lowest BCUT2D eigenvalue weighted by Crippen LogP contribution is -2.28. The van der Waals surface area contributed by atoms with Crippen LogP contribution in [0.5, 0.6) is 0 Å². The molecule has 0 spiro atoms. The Bertz CT molecular complexity index is 1460. The van der Waals surface area contributed by atoms with Gasteiger partial charge in [0.05, 0.1) is 5.56 Å². The van der Waals surface area contributed by atoms with E-state index in [1.807, 2.05) is 41.3 Å². The number of rotatable bonds is 6. The van der Waals surface area contributed by atoms with Crippen molar-refractivity contribution < 1.29 is 18.0 Å². The molecule has 5 rings (SSSR count). The average molecular weight is 519 g/mol. The third-order valence-electron chi connectivity index (χ3n) is 6.34. The molecule has 1 aromatic heterocycles. The van der Waals surface area contributed by atoms with Gasteiger partial charge >= 0.3 is 6.18 Å². The van der Waals surface area contributed by atoms with Gasteiger partial charge in [-0.25, -0.2) is 0 Å². The van der Waals surface area contributed by atoms with E-state index in [0.29, 0.717) is 29.8 Å². The Labute approximate surface area is 217 Å². The smallest absolute Gasteiger partial charge is 0.357 e. The summed E-state index contributed by atoms with van der Waals surface area (Å²) in [5.74, 6) is 1.04. The summed E-state index contributed by atoms with van der Waals surface area (Å²) in [6.07, 6.45) is -2.92. The van der Waals surface area contributed by atoms with Gasteiger partial charge in [0.2, 0.25) is 11.9 Å². The van der Waals surface area contributed by atoms with Crippen LogP contribution in [0.1, 0.15) is 33.5 Å². The Morgan fingerprint density at radius 1 is 0.974 bits per heavy atom. The van der Waals surface area contributed by atoms with Crippen molar-refractivity contribution in [3.63, 3.8) is 0 Å². The van der Waals surface area contributed by atoms with Crippen LogP contribution in [0.3, 0.4) is 0 Å². The Kier molecular flexibility index (Phi) is 6.95. The van der Waals surface area contributed by atoms with Gasteiger partial charge in [-0.15, -0.1) is 0 Å². The van der Waals surface area contributed by atoms with Crippen LogP contribution in [0.4, 0.5) is 30.8 Å². The largest absolute Gasteiger partial charge is 0.416 e. The van der Waals surface area contributed by atoms with Gasteiger partial charge in [-0.3, -0.25) is 4.79 Å². The van der Waals surface area contributed by atoms with Crippen LogP contribution in [-0.4, -0.2) is 34.5 Å². The van der Waals surface area contributed by atoms with Gasteiger partial charge in [0.15, 0.2) is 5.82 Å². The monoisotopic (exact) mass is 518 g/mol. The van der Waals surface area contributed by atoms with Gasteiger partial charge in [0.1, 0.15) is 0 Å². The molecule has 0 aliphatic carbocycles. The zero-order valence-electron chi connectivity index (χ0n) is 20.6. The van der Waals surface area contributed by atoms with E-state index in [1.165, 1.54) is 18.2 Å². The molecule has 2 heterocycles. The van der Waals surface area contributed by atoms with Crippen LogP contribution in [0, 0.1) is 0 Å². The third kappa shape index (κ3) is 5.29. The van der Waals surface area contributed by atoms with Crippen LogP contribution < -0.4 is 15.5 Å². The van der Waals surface area contributed by atoms with E-state index in [0.717, 1.165) is 35.7 Å². The fourth-order valence-electron chi connectivity index (χ4n) is 4.49. The van der Waals surface area contributed by atoms with Crippen LogP contribution in [0.2, 0.25) is 0 Å². The van der Waals surface area contributed by atoms with Crippen LogP contribution >= 0.6 is 0 Å². The maximum Gasteiger partial charge on any atom is 0.416 e. The summed E-state index contributed by atoms with van der Waals surface area (Å²) < 4.78 is 39.9. The van der Waals surface area contributed by atoms with Crippen molar-refractivity contribution in [1.82, 2.24) is 20.3 Å². The second kappa shape index (κ2) is 10.5. The fourth-order valence-corrected chi connectivity index (χ4v) is 4.49. The van der Waals surface area contributed by atoms with E-state index in [-0.39, 0.29) is 12.1 Å². The Morgan fingerprint density at radius 2 is 1.74 bits per heavy atom. The maximum atomic E-state index is 13.3. The standard InChI is InChI=1S/C28H25F3N6O/c1-32-26-34-24(18-8-3-2-4-9-18)35-27(36-26)37-15-7-11-19-16-20(13-14-23(19)37)25(38)33-17-21-10-5-6-12-22(21)28(29,30)31/h2-6,8-10,12-14,16H,7,11,15,17H2,1H3,(H,33,38)(H,32,34,35,36). The van der Waals surface area contributed by atoms with Crippen molar-refractivity contribution in [3.8, 4) is 11.4 Å². The molecule has 0 radical (unpaired) electrons. The van der Waals surface area contributed by atoms with E-state index in [4.69, 9.17) is 4.98 Å². The number of hydrogen-bond acceptors (Lipinski definition) is 6.